The molecule has 0 amide bonds. The first-order valence-corrected chi connectivity index (χ1v) is 9.57. The average Bonchev–Trinajstić information content (AvgIpc) is 2.69. The minimum absolute atomic E-state index is 0.557. The molecule has 0 aromatic heterocycles. The smallest absolute Gasteiger partial charge is 0.159 e. The van der Waals surface area contributed by atoms with Gasteiger partial charge in [0.1, 0.15) is 5.75 Å². The molecule has 0 aliphatic heterocycles. The van der Waals surface area contributed by atoms with E-state index in [2.05, 4.69) is 53.5 Å². The van der Waals surface area contributed by atoms with Crippen molar-refractivity contribution in [3.63, 3.8) is 0 Å². The molecular weight excluding hydrogens is 340 g/mol. The van der Waals surface area contributed by atoms with Crippen LogP contribution in [0.1, 0.15) is 12.5 Å². The van der Waals surface area contributed by atoms with Crippen LogP contribution in [0.25, 0.3) is 11.1 Å². The molecule has 2 N–H and O–H groups in total. The van der Waals surface area contributed by atoms with Crippen LogP contribution in [-0.2, 0) is 5.75 Å². The van der Waals surface area contributed by atoms with Crippen molar-refractivity contribution in [2.45, 2.75) is 12.7 Å². The number of nitrogens with two attached hydrogens (primary N) is 1. The van der Waals surface area contributed by atoms with Crippen LogP contribution in [0.4, 0.5) is 5.69 Å². The van der Waals surface area contributed by atoms with E-state index in [0.29, 0.717) is 11.8 Å². The predicted octanol–water partition coefficient (Wildman–Crippen LogP) is 5.63. The molecule has 0 bridgehead atoms. The fourth-order valence-corrected chi connectivity index (χ4v) is 3.20. The van der Waals surface area contributed by atoms with E-state index in [1.54, 1.807) is 0 Å². The van der Waals surface area contributed by atoms with Crippen molar-refractivity contribution in [2.75, 3.05) is 6.61 Å². The van der Waals surface area contributed by atoms with Crippen LogP contribution in [-0.4, -0.2) is 11.8 Å². The first-order valence-electron chi connectivity index (χ1n) is 8.59. The third kappa shape index (κ3) is 5.14. The molecule has 0 saturated heterocycles. The van der Waals surface area contributed by atoms with Crippen LogP contribution >= 0.6 is 11.8 Å². The van der Waals surface area contributed by atoms with Crippen LogP contribution < -0.4 is 10.5 Å². The van der Waals surface area contributed by atoms with Crippen LogP contribution in [0, 0.1) is 0 Å². The minimum Gasteiger partial charge on any atom is -0.494 e. The maximum absolute atomic E-state index is 6.05. The van der Waals surface area contributed by atoms with Gasteiger partial charge in [-0.2, -0.15) is 0 Å². The lowest BCUT2D eigenvalue weighted by Gasteiger charge is -2.05. The zero-order valence-corrected chi connectivity index (χ0v) is 15.6. The third-order valence-corrected chi connectivity index (χ3v) is 4.70. The van der Waals surface area contributed by atoms with Gasteiger partial charge in [0.2, 0.25) is 0 Å². The summed E-state index contributed by atoms with van der Waals surface area (Å²) in [6.45, 7) is 2.62. The Labute approximate surface area is 158 Å². The van der Waals surface area contributed by atoms with E-state index in [1.807, 2.05) is 37.3 Å². The van der Waals surface area contributed by atoms with Crippen molar-refractivity contribution >= 4 is 22.6 Å². The van der Waals surface area contributed by atoms with Gasteiger partial charge in [0, 0.05) is 5.75 Å². The lowest BCUT2D eigenvalue weighted by atomic mass is 10.0. The summed E-state index contributed by atoms with van der Waals surface area (Å²) in [5.74, 6) is 1.64. The number of hydrogen-bond donors (Lipinski definition) is 1. The minimum atomic E-state index is 0.557. The molecule has 0 aliphatic carbocycles. The van der Waals surface area contributed by atoms with E-state index in [4.69, 9.17) is 10.5 Å². The van der Waals surface area contributed by atoms with E-state index in [1.165, 1.54) is 28.5 Å². The summed E-state index contributed by atoms with van der Waals surface area (Å²) in [6.07, 6.45) is 0. The van der Waals surface area contributed by atoms with Crippen molar-refractivity contribution in [3.05, 3.63) is 84.4 Å². The highest BCUT2D eigenvalue weighted by Gasteiger charge is 2.01. The van der Waals surface area contributed by atoms with E-state index in [0.717, 1.165) is 17.2 Å². The SMILES string of the molecule is CCOc1ccc(N=C(N)SCc2ccc(-c3ccccc3)cc2)cc1. The van der Waals surface area contributed by atoms with Gasteiger partial charge in [0.05, 0.1) is 12.3 Å². The molecule has 0 fully saturated rings. The van der Waals surface area contributed by atoms with E-state index < -0.39 is 0 Å². The summed E-state index contributed by atoms with van der Waals surface area (Å²) in [6, 6.07) is 26.6. The van der Waals surface area contributed by atoms with Gasteiger partial charge < -0.3 is 10.5 Å². The number of aliphatic imine (C=N–C) groups is 1. The standard InChI is InChI=1S/C22H22N2OS/c1-2-25-21-14-12-20(13-15-21)24-22(23)26-16-17-8-10-19(11-9-17)18-6-4-3-5-7-18/h3-15H,2,16H2,1H3,(H2,23,24). The maximum Gasteiger partial charge on any atom is 0.159 e. The lowest BCUT2D eigenvalue weighted by molar-refractivity contribution is 0.340. The van der Waals surface area contributed by atoms with Crippen LogP contribution in [0.5, 0.6) is 5.75 Å². The molecule has 3 nitrogen and oxygen atoms in total. The van der Waals surface area contributed by atoms with Gasteiger partial charge in [-0.15, -0.1) is 0 Å². The number of rotatable bonds is 6. The molecule has 132 valence electrons. The highest BCUT2D eigenvalue weighted by atomic mass is 32.2. The number of amidine groups is 1. The second-order valence-corrected chi connectivity index (χ2v) is 6.72. The van der Waals surface area contributed by atoms with Crippen molar-refractivity contribution in [1.29, 1.82) is 0 Å². The Bertz CT molecular complexity index is 844. The number of benzene rings is 3. The highest BCUT2D eigenvalue weighted by molar-refractivity contribution is 8.13. The Hall–Kier alpha value is -2.72. The van der Waals surface area contributed by atoms with Crippen molar-refractivity contribution in [2.24, 2.45) is 10.7 Å². The number of thioether (sulfide) groups is 1. The Morgan fingerprint density at radius 2 is 1.54 bits per heavy atom. The predicted molar refractivity (Wildman–Crippen MR) is 112 cm³/mol. The highest BCUT2D eigenvalue weighted by Crippen LogP contribution is 2.23. The van der Waals surface area contributed by atoms with Gasteiger partial charge in [-0.25, -0.2) is 4.99 Å². The lowest BCUT2D eigenvalue weighted by Crippen LogP contribution is -2.06. The van der Waals surface area contributed by atoms with Gasteiger partial charge in [-0.1, -0.05) is 66.4 Å². The van der Waals surface area contributed by atoms with Crippen molar-refractivity contribution in [3.8, 4) is 16.9 Å². The molecule has 0 atom stereocenters. The molecule has 0 heterocycles. The fraction of sp³-hybridized carbons (Fsp3) is 0.136. The average molecular weight is 362 g/mol. The Balaban J connectivity index is 1.57. The Kier molecular flexibility index (Phi) is 6.34. The maximum atomic E-state index is 6.05. The summed E-state index contributed by atoms with van der Waals surface area (Å²) in [4.78, 5) is 4.44. The molecule has 3 aromatic carbocycles. The molecule has 3 aromatic rings. The summed E-state index contributed by atoms with van der Waals surface area (Å²) >= 11 is 1.54. The van der Waals surface area contributed by atoms with Gasteiger partial charge in [0.15, 0.2) is 5.17 Å². The third-order valence-electron chi connectivity index (χ3n) is 3.83. The molecule has 4 heteroatoms. The fourth-order valence-electron chi connectivity index (χ4n) is 2.52. The second-order valence-electron chi connectivity index (χ2n) is 5.73. The van der Waals surface area contributed by atoms with E-state index >= 15 is 0 Å². The molecule has 26 heavy (non-hydrogen) atoms. The summed E-state index contributed by atoms with van der Waals surface area (Å²) in [7, 11) is 0. The normalized spacial score (nSPS) is 11.3. The summed E-state index contributed by atoms with van der Waals surface area (Å²) in [5, 5.41) is 0.557. The van der Waals surface area contributed by atoms with Gasteiger partial charge >= 0.3 is 0 Å². The van der Waals surface area contributed by atoms with Gasteiger partial charge in [0.25, 0.3) is 0 Å². The Morgan fingerprint density at radius 1 is 0.885 bits per heavy atom. The first-order chi connectivity index (χ1) is 12.7. The van der Waals surface area contributed by atoms with E-state index in [9.17, 15) is 0 Å². The van der Waals surface area contributed by atoms with Crippen LogP contribution in [0.3, 0.4) is 0 Å². The second kappa shape index (κ2) is 9.11. The largest absolute Gasteiger partial charge is 0.494 e. The molecule has 0 saturated carbocycles. The zero-order chi connectivity index (χ0) is 18.2. The molecule has 3 rings (SSSR count). The quantitative estimate of drug-likeness (QED) is 0.456. The first kappa shape index (κ1) is 18.1. The summed E-state index contributed by atoms with van der Waals surface area (Å²) < 4.78 is 5.43. The van der Waals surface area contributed by atoms with Gasteiger partial charge in [-0.05, 0) is 47.9 Å². The number of hydrogen-bond acceptors (Lipinski definition) is 3. The van der Waals surface area contributed by atoms with Crippen molar-refractivity contribution in [1.82, 2.24) is 0 Å². The van der Waals surface area contributed by atoms with E-state index in [-0.39, 0.29) is 0 Å². The zero-order valence-electron chi connectivity index (χ0n) is 14.8. The molecule has 0 radical (unpaired) electrons. The Morgan fingerprint density at radius 3 is 2.19 bits per heavy atom. The van der Waals surface area contributed by atoms with Crippen LogP contribution in [0.15, 0.2) is 83.9 Å². The van der Waals surface area contributed by atoms with Crippen LogP contribution in [0.2, 0.25) is 0 Å². The monoisotopic (exact) mass is 362 g/mol. The molecule has 0 unspecified atom stereocenters. The van der Waals surface area contributed by atoms with Gasteiger partial charge in [-0.3, -0.25) is 0 Å². The molecular formula is C22H22N2OS. The number of nitrogens with zero attached hydrogens (tertiary/aromatic N) is 1. The summed E-state index contributed by atoms with van der Waals surface area (Å²) in [5.41, 5.74) is 10.5. The number of ether oxygens (including phenoxy) is 1. The molecule has 0 spiro atoms. The molecule has 0 aliphatic rings. The topological polar surface area (TPSA) is 47.6 Å². The van der Waals surface area contributed by atoms with Crippen molar-refractivity contribution < 1.29 is 4.74 Å².